The van der Waals surface area contributed by atoms with Gasteiger partial charge in [-0.05, 0) is 13.3 Å². The molecule has 14 heavy (non-hydrogen) atoms. The van der Waals surface area contributed by atoms with Gasteiger partial charge in [0.15, 0.2) is 0 Å². The summed E-state index contributed by atoms with van der Waals surface area (Å²) >= 11 is 0. The summed E-state index contributed by atoms with van der Waals surface area (Å²) in [6.07, 6.45) is 0.791. The van der Waals surface area contributed by atoms with Gasteiger partial charge in [-0.2, -0.15) is 0 Å². The summed E-state index contributed by atoms with van der Waals surface area (Å²) in [5.74, 6) is -0.377. The number of ether oxygens (including phenoxy) is 1. The molecule has 0 spiro atoms. The molecule has 0 aromatic heterocycles. The van der Waals surface area contributed by atoms with Crippen LogP contribution in [0.5, 0.6) is 0 Å². The van der Waals surface area contributed by atoms with Gasteiger partial charge in [0.25, 0.3) is 7.52 Å². The molecular formula is C8H16NO4P. The molecule has 1 aliphatic rings. The smallest absolute Gasteiger partial charge is 0.323 e. The molecule has 82 valence electrons. The van der Waals surface area contributed by atoms with Crippen LogP contribution in [0, 0.1) is 0 Å². The number of carbonyl (C=O) groups is 1. The van der Waals surface area contributed by atoms with Crippen molar-refractivity contribution in [1.29, 1.82) is 0 Å². The number of hydrogen-bond donors (Lipinski definition) is 0. The normalized spacial score (nSPS) is 31.1. The summed E-state index contributed by atoms with van der Waals surface area (Å²) in [7, 11) is -1.46. The topological polar surface area (TPSA) is 55.8 Å². The molecule has 1 aliphatic heterocycles. The second-order valence-electron chi connectivity index (χ2n) is 3.35. The van der Waals surface area contributed by atoms with Crippen LogP contribution in [-0.2, 0) is 18.6 Å². The minimum atomic E-state index is -2.79. The third-order valence-corrected chi connectivity index (χ3v) is 4.46. The van der Waals surface area contributed by atoms with Gasteiger partial charge >= 0.3 is 5.97 Å². The number of rotatable bonds is 2. The van der Waals surface area contributed by atoms with Gasteiger partial charge in [0.2, 0.25) is 0 Å². The fourth-order valence-corrected chi connectivity index (χ4v) is 3.36. The Balaban J connectivity index is 2.74. The zero-order chi connectivity index (χ0) is 10.8. The molecule has 0 aromatic rings. The van der Waals surface area contributed by atoms with Crippen molar-refractivity contribution in [3.05, 3.63) is 0 Å². The molecular weight excluding hydrogens is 205 g/mol. The molecule has 2 unspecified atom stereocenters. The molecule has 0 bridgehead atoms. The predicted octanol–water partition coefficient (Wildman–Crippen LogP) is 1.09. The van der Waals surface area contributed by atoms with E-state index in [9.17, 15) is 9.36 Å². The summed E-state index contributed by atoms with van der Waals surface area (Å²) in [6.45, 7) is 4.32. The van der Waals surface area contributed by atoms with E-state index in [0.717, 1.165) is 6.42 Å². The largest absolute Gasteiger partial charge is 0.468 e. The molecule has 1 saturated heterocycles. The maximum Gasteiger partial charge on any atom is 0.323 e. The van der Waals surface area contributed by atoms with E-state index >= 15 is 0 Å². The van der Waals surface area contributed by atoms with Crippen LogP contribution in [0.2, 0.25) is 0 Å². The Morgan fingerprint density at radius 2 is 2.29 bits per heavy atom. The van der Waals surface area contributed by atoms with Crippen LogP contribution in [0.15, 0.2) is 0 Å². The Morgan fingerprint density at radius 1 is 1.64 bits per heavy atom. The molecule has 0 saturated carbocycles. The van der Waals surface area contributed by atoms with Crippen LogP contribution in [0.4, 0.5) is 0 Å². The summed E-state index contributed by atoms with van der Waals surface area (Å²) < 4.78 is 23.3. The first-order chi connectivity index (χ1) is 6.49. The van der Waals surface area contributed by atoms with E-state index in [-0.39, 0.29) is 5.97 Å². The van der Waals surface area contributed by atoms with Gasteiger partial charge < -0.3 is 9.26 Å². The maximum absolute atomic E-state index is 11.9. The third kappa shape index (κ3) is 2.35. The van der Waals surface area contributed by atoms with E-state index in [1.807, 2.05) is 0 Å². The van der Waals surface area contributed by atoms with Crippen molar-refractivity contribution < 1.29 is 18.6 Å². The van der Waals surface area contributed by atoms with Crippen molar-refractivity contribution in [1.82, 2.24) is 4.67 Å². The first kappa shape index (κ1) is 11.7. The number of carbonyl (C=O) groups excluding carboxylic acids is 1. The molecule has 1 fully saturated rings. The van der Waals surface area contributed by atoms with E-state index in [2.05, 4.69) is 4.74 Å². The van der Waals surface area contributed by atoms with Crippen molar-refractivity contribution >= 4 is 13.5 Å². The van der Waals surface area contributed by atoms with Crippen LogP contribution >= 0.6 is 7.52 Å². The zero-order valence-electron chi connectivity index (χ0n) is 8.73. The lowest BCUT2D eigenvalue weighted by Crippen LogP contribution is -2.40. The lowest BCUT2D eigenvalue weighted by molar-refractivity contribution is -0.145. The van der Waals surface area contributed by atoms with E-state index in [1.54, 1.807) is 11.6 Å². The molecule has 0 aliphatic carbocycles. The second-order valence-corrected chi connectivity index (χ2v) is 5.73. The highest BCUT2D eigenvalue weighted by Crippen LogP contribution is 2.50. The van der Waals surface area contributed by atoms with E-state index < -0.39 is 13.6 Å². The van der Waals surface area contributed by atoms with Crippen LogP contribution in [0.3, 0.4) is 0 Å². The molecule has 0 N–H and O–H groups in total. The van der Waals surface area contributed by atoms with E-state index in [1.165, 1.54) is 13.8 Å². The average molecular weight is 221 g/mol. The first-order valence-corrected chi connectivity index (χ1v) is 6.58. The fraction of sp³-hybridized carbons (Fsp3) is 0.875. The minimum Gasteiger partial charge on any atom is -0.468 e. The van der Waals surface area contributed by atoms with E-state index in [0.29, 0.717) is 13.2 Å². The quantitative estimate of drug-likeness (QED) is 0.516. The van der Waals surface area contributed by atoms with Crippen LogP contribution in [-0.4, -0.2) is 43.6 Å². The molecule has 1 rings (SSSR count). The Hall–Kier alpha value is -0.380. The number of methoxy groups -OCH3 is 1. The van der Waals surface area contributed by atoms with Crippen molar-refractivity contribution in [3.8, 4) is 0 Å². The Labute approximate surface area is 83.9 Å². The summed E-state index contributed by atoms with van der Waals surface area (Å²) in [4.78, 5) is 11.3. The van der Waals surface area contributed by atoms with Crippen LogP contribution in [0.25, 0.3) is 0 Å². The number of esters is 1. The molecule has 0 aromatic carbocycles. The van der Waals surface area contributed by atoms with Gasteiger partial charge in [-0.1, -0.05) is 0 Å². The van der Waals surface area contributed by atoms with Gasteiger partial charge in [-0.25, -0.2) is 4.67 Å². The molecule has 0 radical (unpaired) electrons. The Kier molecular flexibility index (Phi) is 3.70. The van der Waals surface area contributed by atoms with Gasteiger partial charge in [-0.3, -0.25) is 9.36 Å². The average Bonchev–Trinajstić information content (AvgIpc) is 2.15. The summed E-state index contributed by atoms with van der Waals surface area (Å²) in [5, 5.41) is 0. The molecule has 5 nitrogen and oxygen atoms in total. The molecule has 1 heterocycles. The van der Waals surface area contributed by atoms with Gasteiger partial charge in [-0.15, -0.1) is 0 Å². The summed E-state index contributed by atoms with van der Waals surface area (Å²) in [5.41, 5.74) is 0. The highest BCUT2D eigenvalue weighted by molar-refractivity contribution is 7.55. The summed E-state index contributed by atoms with van der Waals surface area (Å²) in [6, 6.07) is -0.504. The highest BCUT2D eigenvalue weighted by atomic mass is 31.2. The van der Waals surface area contributed by atoms with Crippen LogP contribution in [0.1, 0.15) is 13.3 Å². The lowest BCUT2D eigenvalue weighted by atomic mass is 10.3. The molecule has 2 atom stereocenters. The van der Waals surface area contributed by atoms with Crippen LogP contribution < -0.4 is 0 Å². The van der Waals surface area contributed by atoms with Crippen molar-refractivity contribution in [2.75, 3.05) is 26.9 Å². The lowest BCUT2D eigenvalue weighted by Gasteiger charge is -2.35. The fourth-order valence-electron chi connectivity index (χ4n) is 1.52. The highest BCUT2D eigenvalue weighted by Gasteiger charge is 2.36. The van der Waals surface area contributed by atoms with Gasteiger partial charge in [0.05, 0.1) is 13.7 Å². The van der Waals surface area contributed by atoms with Crippen molar-refractivity contribution in [2.24, 2.45) is 0 Å². The second kappa shape index (κ2) is 4.43. The van der Waals surface area contributed by atoms with E-state index in [4.69, 9.17) is 4.52 Å². The third-order valence-electron chi connectivity index (χ3n) is 2.32. The Morgan fingerprint density at radius 3 is 2.79 bits per heavy atom. The predicted molar refractivity (Wildman–Crippen MR) is 52.3 cm³/mol. The minimum absolute atomic E-state index is 0.377. The number of hydrogen-bond acceptors (Lipinski definition) is 4. The zero-order valence-corrected chi connectivity index (χ0v) is 9.62. The molecule has 0 amide bonds. The standard InChI is InChI=1S/C8H16NO4P/c1-7(8(10)12-2)9-5-4-6-13-14(9,3)11/h7H,4-6H2,1-3H3. The van der Waals surface area contributed by atoms with Crippen molar-refractivity contribution in [3.63, 3.8) is 0 Å². The van der Waals surface area contributed by atoms with Gasteiger partial charge in [0, 0.05) is 13.2 Å². The number of nitrogens with zero attached hydrogens (tertiary/aromatic N) is 1. The van der Waals surface area contributed by atoms with Gasteiger partial charge in [0.1, 0.15) is 6.04 Å². The monoisotopic (exact) mass is 221 g/mol. The molecule has 6 heteroatoms. The Bertz CT molecular complexity index is 268. The maximum atomic E-state index is 11.9. The first-order valence-electron chi connectivity index (χ1n) is 4.56. The van der Waals surface area contributed by atoms with Crippen molar-refractivity contribution in [2.45, 2.75) is 19.4 Å². The SMILES string of the molecule is COC(=O)C(C)N1CCCOP1(C)=O.